The minimum absolute atomic E-state index is 0.408. The van der Waals surface area contributed by atoms with E-state index in [-0.39, 0.29) is 0 Å². The molecule has 0 spiro atoms. The Morgan fingerprint density at radius 3 is 2.44 bits per heavy atom. The monoisotopic (exact) mass is 226 g/mol. The molecule has 0 aromatic rings. The SMILES string of the molecule is CCCCCCN1[C@@H]2COC[C@H]1C[C@@H](N)C2. The van der Waals surface area contributed by atoms with Crippen LogP contribution in [0.1, 0.15) is 45.4 Å². The van der Waals surface area contributed by atoms with E-state index in [9.17, 15) is 0 Å². The van der Waals surface area contributed by atoms with Crippen LogP contribution in [0.4, 0.5) is 0 Å². The molecule has 3 nitrogen and oxygen atoms in total. The van der Waals surface area contributed by atoms with Gasteiger partial charge >= 0.3 is 0 Å². The summed E-state index contributed by atoms with van der Waals surface area (Å²) in [6.07, 6.45) is 7.67. The summed E-state index contributed by atoms with van der Waals surface area (Å²) in [6.45, 7) is 5.32. The van der Waals surface area contributed by atoms with E-state index in [2.05, 4.69) is 11.8 Å². The molecular formula is C13H26N2O. The van der Waals surface area contributed by atoms with Crippen LogP contribution < -0.4 is 5.73 Å². The Morgan fingerprint density at radius 1 is 1.12 bits per heavy atom. The van der Waals surface area contributed by atoms with Crippen molar-refractivity contribution >= 4 is 0 Å². The van der Waals surface area contributed by atoms with Gasteiger partial charge in [0.1, 0.15) is 0 Å². The Hall–Kier alpha value is -0.120. The van der Waals surface area contributed by atoms with Crippen molar-refractivity contribution in [2.24, 2.45) is 5.73 Å². The van der Waals surface area contributed by atoms with Gasteiger partial charge in [0, 0.05) is 18.1 Å². The van der Waals surface area contributed by atoms with E-state index in [0.29, 0.717) is 18.1 Å². The number of unbranched alkanes of at least 4 members (excludes halogenated alkanes) is 3. The fourth-order valence-corrected chi connectivity index (χ4v) is 3.12. The highest BCUT2D eigenvalue weighted by atomic mass is 16.5. The Bertz CT molecular complexity index is 196. The molecular weight excluding hydrogens is 200 g/mol. The molecule has 2 aliphatic heterocycles. The molecule has 2 N–H and O–H groups in total. The summed E-state index contributed by atoms with van der Waals surface area (Å²) in [4.78, 5) is 2.67. The van der Waals surface area contributed by atoms with Crippen molar-refractivity contribution in [2.45, 2.75) is 63.6 Å². The zero-order chi connectivity index (χ0) is 11.4. The molecule has 3 heteroatoms. The van der Waals surface area contributed by atoms with Crippen LogP contribution in [-0.4, -0.2) is 42.8 Å². The van der Waals surface area contributed by atoms with Crippen LogP contribution >= 0.6 is 0 Å². The van der Waals surface area contributed by atoms with Crippen LogP contribution in [0.3, 0.4) is 0 Å². The van der Waals surface area contributed by atoms with Crippen molar-refractivity contribution in [3.8, 4) is 0 Å². The van der Waals surface area contributed by atoms with Crippen molar-refractivity contribution < 1.29 is 4.74 Å². The zero-order valence-electron chi connectivity index (χ0n) is 10.5. The summed E-state index contributed by atoms with van der Waals surface area (Å²) in [5, 5.41) is 0. The highest BCUT2D eigenvalue weighted by Gasteiger charge is 2.37. The number of fused-ring (bicyclic) bond motifs is 2. The molecule has 94 valence electrons. The fraction of sp³-hybridized carbons (Fsp3) is 1.00. The quantitative estimate of drug-likeness (QED) is 0.726. The number of morpholine rings is 1. The van der Waals surface area contributed by atoms with Gasteiger partial charge in [0.05, 0.1) is 13.2 Å². The first-order chi connectivity index (χ1) is 7.81. The lowest BCUT2D eigenvalue weighted by molar-refractivity contribution is -0.0779. The van der Waals surface area contributed by atoms with E-state index in [1.807, 2.05) is 0 Å². The lowest BCUT2D eigenvalue weighted by Gasteiger charge is -2.47. The van der Waals surface area contributed by atoms with Crippen LogP contribution in [0.25, 0.3) is 0 Å². The van der Waals surface area contributed by atoms with Gasteiger partial charge in [-0.25, -0.2) is 0 Å². The first-order valence-electron chi connectivity index (χ1n) is 6.90. The summed E-state index contributed by atoms with van der Waals surface area (Å²) in [5.41, 5.74) is 6.08. The molecule has 2 aliphatic rings. The maximum Gasteiger partial charge on any atom is 0.0623 e. The summed E-state index contributed by atoms with van der Waals surface area (Å²) in [7, 11) is 0. The fourth-order valence-electron chi connectivity index (χ4n) is 3.12. The van der Waals surface area contributed by atoms with Crippen LogP contribution in [0.5, 0.6) is 0 Å². The second-order valence-corrected chi connectivity index (χ2v) is 5.38. The van der Waals surface area contributed by atoms with Gasteiger partial charge in [0.2, 0.25) is 0 Å². The van der Waals surface area contributed by atoms with E-state index in [0.717, 1.165) is 26.1 Å². The van der Waals surface area contributed by atoms with Gasteiger partial charge in [0.15, 0.2) is 0 Å². The van der Waals surface area contributed by atoms with E-state index in [1.54, 1.807) is 0 Å². The highest BCUT2D eigenvalue weighted by Crippen LogP contribution is 2.27. The lowest BCUT2D eigenvalue weighted by Crippen LogP contribution is -2.59. The average molecular weight is 226 g/mol. The molecule has 2 heterocycles. The molecule has 2 rings (SSSR count). The Balaban J connectivity index is 1.79. The first kappa shape index (κ1) is 12.3. The molecule has 0 aromatic carbocycles. The van der Waals surface area contributed by atoms with E-state index < -0.39 is 0 Å². The first-order valence-corrected chi connectivity index (χ1v) is 6.90. The van der Waals surface area contributed by atoms with Crippen LogP contribution in [-0.2, 0) is 4.74 Å². The minimum atomic E-state index is 0.408. The number of nitrogens with zero attached hydrogens (tertiary/aromatic N) is 1. The molecule has 2 saturated heterocycles. The predicted octanol–water partition coefficient (Wildman–Crippen LogP) is 1.76. The van der Waals surface area contributed by atoms with E-state index in [4.69, 9.17) is 10.5 Å². The van der Waals surface area contributed by atoms with Crippen molar-refractivity contribution in [1.29, 1.82) is 0 Å². The van der Waals surface area contributed by atoms with Crippen molar-refractivity contribution in [2.75, 3.05) is 19.8 Å². The molecule has 0 radical (unpaired) electrons. The summed E-state index contributed by atoms with van der Waals surface area (Å²) in [6, 6.07) is 1.61. The molecule has 0 amide bonds. The standard InChI is InChI=1S/C13H26N2O/c1-2-3-4-5-6-15-12-7-11(14)8-13(15)10-16-9-12/h11-13H,2-10,14H2,1H3/t11-,12-,13+. The van der Waals surface area contributed by atoms with Gasteiger partial charge in [-0.15, -0.1) is 0 Å². The van der Waals surface area contributed by atoms with Gasteiger partial charge < -0.3 is 10.5 Å². The normalized spacial score (nSPS) is 35.2. The maximum atomic E-state index is 6.08. The molecule has 0 aromatic heterocycles. The third-order valence-electron chi connectivity index (χ3n) is 3.98. The molecule has 3 atom stereocenters. The lowest BCUT2D eigenvalue weighted by atomic mass is 9.90. The molecule has 0 aliphatic carbocycles. The Morgan fingerprint density at radius 2 is 1.81 bits per heavy atom. The van der Waals surface area contributed by atoms with Gasteiger partial charge in [-0.1, -0.05) is 26.2 Å². The molecule has 16 heavy (non-hydrogen) atoms. The third kappa shape index (κ3) is 2.96. The largest absolute Gasteiger partial charge is 0.378 e. The third-order valence-corrected chi connectivity index (χ3v) is 3.98. The second kappa shape index (κ2) is 5.99. The maximum absolute atomic E-state index is 6.08. The Labute approximate surface area is 99.3 Å². The van der Waals surface area contributed by atoms with Crippen LogP contribution in [0, 0.1) is 0 Å². The van der Waals surface area contributed by atoms with E-state index in [1.165, 1.54) is 32.2 Å². The number of hydrogen-bond acceptors (Lipinski definition) is 3. The van der Waals surface area contributed by atoms with Crippen molar-refractivity contribution in [3.63, 3.8) is 0 Å². The van der Waals surface area contributed by atoms with Gasteiger partial charge in [0.25, 0.3) is 0 Å². The van der Waals surface area contributed by atoms with Crippen molar-refractivity contribution in [3.05, 3.63) is 0 Å². The molecule has 2 fully saturated rings. The summed E-state index contributed by atoms with van der Waals surface area (Å²) in [5.74, 6) is 0. The molecule has 2 bridgehead atoms. The molecule has 0 saturated carbocycles. The van der Waals surface area contributed by atoms with Crippen LogP contribution in [0.15, 0.2) is 0 Å². The number of nitrogens with two attached hydrogens (primary N) is 1. The summed E-state index contributed by atoms with van der Waals surface area (Å²) < 4.78 is 5.65. The summed E-state index contributed by atoms with van der Waals surface area (Å²) >= 11 is 0. The van der Waals surface area contributed by atoms with Gasteiger partial charge in [-0.3, -0.25) is 4.90 Å². The number of ether oxygens (including phenoxy) is 1. The zero-order valence-corrected chi connectivity index (χ0v) is 10.5. The number of piperidine rings is 1. The average Bonchev–Trinajstić information content (AvgIpc) is 2.25. The highest BCUT2D eigenvalue weighted by molar-refractivity contribution is 4.92. The number of hydrogen-bond donors (Lipinski definition) is 1. The van der Waals surface area contributed by atoms with Crippen molar-refractivity contribution in [1.82, 2.24) is 4.90 Å². The minimum Gasteiger partial charge on any atom is -0.378 e. The topological polar surface area (TPSA) is 38.5 Å². The Kier molecular flexibility index (Phi) is 4.62. The smallest absolute Gasteiger partial charge is 0.0623 e. The predicted molar refractivity (Wildman–Crippen MR) is 66.5 cm³/mol. The number of rotatable bonds is 5. The van der Waals surface area contributed by atoms with Gasteiger partial charge in [-0.05, 0) is 25.8 Å². The second-order valence-electron chi connectivity index (χ2n) is 5.38. The van der Waals surface area contributed by atoms with Gasteiger partial charge in [-0.2, -0.15) is 0 Å². The van der Waals surface area contributed by atoms with Crippen LogP contribution in [0.2, 0.25) is 0 Å². The van der Waals surface area contributed by atoms with E-state index >= 15 is 0 Å². The molecule has 0 unspecified atom stereocenters.